The Hall–Kier alpha value is -0.570. The molecule has 0 radical (unpaired) electrons. The summed E-state index contributed by atoms with van der Waals surface area (Å²) in [5.74, 6) is 0.800. The summed E-state index contributed by atoms with van der Waals surface area (Å²) >= 11 is 0. The van der Waals surface area contributed by atoms with Crippen LogP contribution in [0.2, 0.25) is 0 Å². The number of nitrogens with one attached hydrogen (secondary N) is 1. The molecule has 1 saturated carbocycles. The number of amides is 1. The van der Waals surface area contributed by atoms with E-state index in [4.69, 9.17) is 5.11 Å². The summed E-state index contributed by atoms with van der Waals surface area (Å²) in [6.07, 6.45) is 2.37. The number of aliphatic hydroxyl groups is 1. The molecule has 12 heavy (non-hydrogen) atoms. The second kappa shape index (κ2) is 3.90. The van der Waals surface area contributed by atoms with Crippen molar-refractivity contribution in [3.8, 4) is 0 Å². The molecule has 1 aliphatic carbocycles. The van der Waals surface area contributed by atoms with Crippen LogP contribution in [0.1, 0.15) is 26.7 Å². The molecule has 70 valence electrons. The molecule has 1 aliphatic rings. The van der Waals surface area contributed by atoms with Crippen molar-refractivity contribution in [3.63, 3.8) is 0 Å². The normalized spacial score (nSPS) is 21.6. The number of hydrogen-bond donors (Lipinski definition) is 2. The average molecular weight is 171 g/mol. The van der Waals surface area contributed by atoms with Crippen LogP contribution in [0.25, 0.3) is 0 Å². The highest BCUT2D eigenvalue weighted by Gasteiger charge is 2.32. The molecular weight excluding hydrogens is 154 g/mol. The SMILES string of the molecule is CC(C(=O)N[C@@H](C)CO)C1CC1. The lowest BCUT2D eigenvalue weighted by Crippen LogP contribution is -2.38. The molecule has 1 rings (SSSR count). The molecule has 2 atom stereocenters. The Morgan fingerprint density at radius 2 is 2.17 bits per heavy atom. The molecule has 0 heterocycles. The number of hydrogen-bond acceptors (Lipinski definition) is 2. The van der Waals surface area contributed by atoms with Crippen LogP contribution < -0.4 is 5.32 Å². The van der Waals surface area contributed by atoms with Gasteiger partial charge in [-0.2, -0.15) is 0 Å². The molecule has 0 saturated heterocycles. The maximum Gasteiger partial charge on any atom is 0.223 e. The largest absolute Gasteiger partial charge is 0.394 e. The van der Waals surface area contributed by atoms with Crippen molar-refractivity contribution in [1.82, 2.24) is 5.32 Å². The highest BCUT2D eigenvalue weighted by Crippen LogP contribution is 2.36. The van der Waals surface area contributed by atoms with Crippen LogP contribution >= 0.6 is 0 Å². The summed E-state index contributed by atoms with van der Waals surface area (Å²) in [4.78, 5) is 11.4. The molecule has 1 fully saturated rings. The highest BCUT2D eigenvalue weighted by atomic mass is 16.3. The molecule has 1 unspecified atom stereocenters. The second-order valence-electron chi connectivity index (χ2n) is 3.72. The van der Waals surface area contributed by atoms with E-state index in [9.17, 15) is 4.79 Å². The number of rotatable bonds is 4. The van der Waals surface area contributed by atoms with Gasteiger partial charge in [0, 0.05) is 12.0 Å². The Morgan fingerprint density at radius 3 is 2.58 bits per heavy atom. The molecule has 0 aliphatic heterocycles. The van der Waals surface area contributed by atoms with Gasteiger partial charge in [-0.3, -0.25) is 4.79 Å². The van der Waals surface area contributed by atoms with Crippen molar-refractivity contribution in [2.45, 2.75) is 32.7 Å². The van der Waals surface area contributed by atoms with Crippen molar-refractivity contribution in [1.29, 1.82) is 0 Å². The number of aliphatic hydroxyl groups excluding tert-OH is 1. The second-order valence-corrected chi connectivity index (χ2v) is 3.72. The molecule has 0 aromatic heterocycles. The van der Waals surface area contributed by atoms with E-state index in [0.717, 1.165) is 0 Å². The molecule has 0 aromatic carbocycles. The van der Waals surface area contributed by atoms with Crippen LogP contribution in [-0.4, -0.2) is 23.7 Å². The third-order valence-corrected chi connectivity index (χ3v) is 2.41. The van der Waals surface area contributed by atoms with Gasteiger partial charge in [-0.25, -0.2) is 0 Å². The molecule has 0 spiro atoms. The van der Waals surface area contributed by atoms with E-state index in [1.165, 1.54) is 12.8 Å². The predicted octanol–water partition coefficient (Wildman–Crippen LogP) is 0.529. The fourth-order valence-electron chi connectivity index (χ4n) is 1.23. The van der Waals surface area contributed by atoms with Gasteiger partial charge in [0.15, 0.2) is 0 Å². The number of carbonyl (C=O) groups excluding carboxylic acids is 1. The Kier molecular flexibility index (Phi) is 3.09. The first-order chi connectivity index (χ1) is 5.65. The van der Waals surface area contributed by atoms with E-state index in [-0.39, 0.29) is 24.5 Å². The molecule has 1 amide bonds. The minimum absolute atomic E-state index is 0.0170. The quantitative estimate of drug-likeness (QED) is 0.648. The maximum atomic E-state index is 11.4. The first kappa shape index (κ1) is 9.52. The lowest BCUT2D eigenvalue weighted by molar-refractivity contribution is -0.126. The molecule has 3 heteroatoms. The lowest BCUT2D eigenvalue weighted by Gasteiger charge is -2.14. The van der Waals surface area contributed by atoms with E-state index < -0.39 is 0 Å². The van der Waals surface area contributed by atoms with Crippen LogP contribution in [0.15, 0.2) is 0 Å². The van der Waals surface area contributed by atoms with Crippen LogP contribution in [0.4, 0.5) is 0 Å². The van der Waals surface area contributed by atoms with Gasteiger partial charge in [-0.05, 0) is 25.7 Å². The fraction of sp³-hybridized carbons (Fsp3) is 0.889. The summed E-state index contributed by atoms with van der Waals surface area (Å²) in [6, 6.07) is -0.112. The third-order valence-electron chi connectivity index (χ3n) is 2.41. The average Bonchev–Trinajstić information content (AvgIpc) is 2.85. The van der Waals surface area contributed by atoms with Crippen molar-refractivity contribution >= 4 is 5.91 Å². The van der Waals surface area contributed by atoms with E-state index in [0.29, 0.717) is 5.92 Å². The highest BCUT2D eigenvalue weighted by molar-refractivity contribution is 5.79. The summed E-state index contributed by atoms with van der Waals surface area (Å²) in [6.45, 7) is 3.78. The summed E-state index contributed by atoms with van der Waals surface area (Å²) in [5.41, 5.74) is 0. The lowest BCUT2D eigenvalue weighted by atomic mass is 10.1. The van der Waals surface area contributed by atoms with E-state index >= 15 is 0 Å². The molecule has 0 aromatic rings. The van der Waals surface area contributed by atoms with Gasteiger partial charge in [0.05, 0.1) is 6.61 Å². The molecule has 2 N–H and O–H groups in total. The zero-order chi connectivity index (χ0) is 9.14. The van der Waals surface area contributed by atoms with Gasteiger partial charge in [-0.1, -0.05) is 6.92 Å². The van der Waals surface area contributed by atoms with Crippen molar-refractivity contribution < 1.29 is 9.90 Å². The number of carbonyl (C=O) groups is 1. The van der Waals surface area contributed by atoms with Gasteiger partial charge in [-0.15, -0.1) is 0 Å². The van der Waals surface area contributed by atoms with Gasteiger partial charge in [0.25, 0.3) is 0 Å². The Morgan fingerprint density at radius 1 is 1.58 bits per heavy atom. The Balaban J connectivity index is 2.26. The monoisotopic (exact) mass is 171 g/mol. The Bertz CT molecular complexity index is 166. The molecular formula is C9H17NO2. The zero-order valence-electron chi connectivity index (χ0n) is 7.71. The Labute approximate surface area is 73.2 Å². The van der Waals surface area contributed by atoms with Gasteiger partial charge >= 0.3 is 0 Å². The molecule has 3 nitrogen and oxygen atoms in total. The third kappa shape index (κ3) is 2.48. The van der Waals surface area contributed by atoms with E-state index in [2.05, 4.69) is 5.32 Å². The fourth-order valence-corrected chi connectivity index (χ4v) is 1.23. The van der Waals surface area contributed by atoms with Crippen LogP contribution in [0.5, 0.6) is 0 Å². The minimum Gasteiger partial charge on any atom is -0.394 e. The first-order valence-electron chi connectivity index (χ1n) is 4.56. The predicted molar refractivity (Wildman–Crippen MR) is 46.6 cm³/mol. The van der Waals surface area contributed by atoms with Gasteiger partial charge < -0.3 is 10.4 Å². The summed E-state index contributed by atoms with van der Waals surface area (Å²) in [7, 11) is 0. The smallest absolute Gasteiger partial charge is 0.223 e. The van der Waals surface area contributed by atoms with Crippen molar-refractivity contribution in [2.24, 2.45) is 11.8 Å². The van der Waals surface area contributed by atoms with Crippen LogP contribution in [0, 0.1) is 11.8 Å². The molecule has 0 bridgehead atoms. The van der Waals surface area contributed by atoms with Gasteiger partial charge in [0.1, 0.15) is 0 Å². The van der Waals surface area contributed by atoms with Crippen molar-refractivity contribution in [2.75, 3.05) is 6.61 Å². The van der Waals surface area contributed by atoms with Gasteiger partial charge in [0.2, 0.25) is 5.91 Å². The zero-order valence-corrected chi connectivity index (χ0v) is 7.71. The van der Waals surface area contributed by atoms with Crippen molar-refractivity contribution in [3.05, 3.63) is 0 Å². The van der Waals surface area contributed by atoms with Crippen LogP contribution in [0.3, 0.4) is 0 Å². The van der Waals surface area contributed by atoms with Crippen LogP contribution in [-0.2, 0) is 4.79 Å². The summed E-state index contributed by atoms with van der Waals surface area (Å²) in [5, 5.41) is 11.5. The summed E-state index contributed by atoms with van der Waals surface area (Å²) < 4.78 is 0. The first-order valence-corrected chi connectivity index (χ1v) is 4.56. The minimum atomic E-state index is -0.112. The van der Waals surface area contributed by atoms with E-state index in [1.807, 2.05) is 6.92 Å². The standard InChI is InChI=1S/C9H17NO2/c1-6(5-11)10-9(12)7(2)8-3-4-8/h6-8,11H,3-5H2,1-2H3,(H,10,12)/t6-,7?/m0/s1. The topological polar surface area (TPSA) is 49.3 Å². The van der Waals surface area contributed by atoms with E-state index in [1.54, 1.807) is 6.92 Å². The maximum absolute atomic E-state index is 11.4.